The van der Waals surface area contributed by atoms with Crippen molar-refractivity contribution in [3.63, 3.8) is 0 Å². The fourth-order valence-electron chi connectivity index (χ4n) is 3.55. The second-order valence-corrected chi connectivity index (χ2v) is 7.00. The second-order valence-electron chi connectivity index (χ2n) is 7.00. The molecule has 0 aromatic heterocycles. The average molecular weight is 344 g/mol. The predicted molar refractivity (Wildman–Crippen MR) is 91.6 cm³/mol. The van der Waals surface area contributed by atoms with E-state index < -0.39 is 23.4 Å². The molecule has 1 saturated heterocycles. The van der Waals surface area contributed by atoms with Crippen molar-refractivity contribution in [3.8, 4) is 0 Å². The third-order valence-electron chi connectivity index (χ3n) is 5.12. The molecule has 3 amide bonds. The topological polar surface area (TPSA) is 75.7 Å². The van der Waals surface area contributed by atoms with Crippen LogP contribution >= 0.6 is 0 Å². The Morgan fingerprint density at radius 1 is 1.20 bits per heavy atom. The molecule has 134 valence electrons. The zero-order valence-corrected chi connectivity index (χ0v) is 14.5. The second kappa shape index (κ2) is 7.25. The number of hydrogen-bond donors (Lipinski definition) is 1. The van der Waals surface area contributed by atoms with Gasteiger partial charge >= 0.3 is 12.0 Å². The van der Waals surface area contributed by atoms with Gasteiger partial charge < -0.3 is 10.1 Å². The summed E-state index contributed by atoms with van der Waals surface area (Å²) >= 11 is 0. The number of carbonyl (C=O) groups excluding carboxylic acids is 3. The Morgan fingerprint density at radius 2 is 1.88 bits per heavy atom. The number of esters is 1. The molecule has 1 aromatic carbocycles. The van der Waals surface area contributed by atoms with E-state index in [-0.39, 0.29) is 6.54 Å². The predicted octanol–water partition coefficient (Wildman–Crippen LogP) is 2.58. The van der Waals surface area contributed by atoms with Gasteiger partial charge in [-0.1, -0.05) is 49.6 Å². The van der Waals surface area contributed by atoms with E-state index in [2.05, 4.69) is 5.32 Å². The summed E-state index contributed by atoms with van der Waals surface area (Å²) in [5.74, 6) is -0.569. The molecule has 1 heterocycles. The number of rotatable bonds is 5. The van der Waals surface area contributed by atoms with Gasteiger partial charge in [-0.25, -0.2) is 4.79 Å². The van der Waals surface area contributed by atoms with Gasteiger partial charge in [-0.05, 0) is 31.2 Å². The summed E-state index contributed by atoms with van der Waals surface area (Å²) in [6, 6.07) is 8.45. The van der Waals surface area contributed by atoms with Crippen LogP contribution in [0.5, 0.6) is 0 Å². The molecule has 1 aromatic rings. The molecule has 0 unspecified atom stereocenters. The molecule has 0 radical (unpaired) electrons. The zero-order valence-electron chi connectivity index (χ0n) is 14.5. The van der Waals surface area contributed by atoms with E-state index in [1.165, 1.54) is 19.3 Å². The maximum Gasteiger partial charge on any atom is 0.326 e. The van der Waals surface area contributed by atoms with Gasteiger partial charge in [0.25, 0.3) is 5.91 Å². The lowest BCUT2D eigenvalue weighted by atomic mass is 9.90. The van der Waals surface area contributed by atoms with Crippen molar-refractivity contribution in [3.05, 3.63) is 35.9 Å². The molecule has 6 nitrogen and oxygen atoms in total. The van der Waals surface area contributed by atoms with E-state index in [9.17, 15) is 14.4 Å². The summed E-state index contributed by atoms with van der Waals surface area (Å²) in [6.45, 7) is 1.67. The molecule has 2 aliphatic rings. The van der Waals surface area contributed by atoms with Crippen molar-refractivity contribution in [1.82, 2.24) is 10.2 Å². The first-order chi connectivity index (χ1) is 12.0. The van der Waals surface area contributed by atoms with Crippen LogP contribution in [0.2, 0.25) is 0 Å². The van der Waals surface area contributed by atoms with Crippen LogP contribution in [0.1, 0.15) is 44.6 Å². The largest absolute Gasteiger partial charge is 0.464 e. The molecule has 0 bridgehead atoms. The van der Waals surface area contributed by atoms with E-state index in [0.717, 1.165) is 17.7 Å². The quantitative estimate of drug-likeness (QED) is 0.658. The normalized spacial score (nSPS) is 24.3. The Balaban J connectivity index is 1.60. The monoisotopic (exact) mass is 344 g/mol. The lowest BCUT2D eigenvalue weighted by Crippen LogP contribution is -2.41. The molecule has 1 saturated carbocycles. The number of imide groups is 1. The van der Waals surface area contributed by atoms with E-state index in [1.54, 1.807) is 31.2 Å². The summed E-state index contributed by atoms with van der Waals surface area (Å²) in [7, 11) is 0. The molecule has 1 aliphatic carbocycles. The van der Waals surface area contributed by atoms with Crippen molar-refractivity contribution >= 4 is 17.9 Å². The number of benzene rings is 1. The van der Waals surface area contributed by atoms with Gasteiger partial charge in [0.2, 0.25) is 0 Å². The average Bonchev–Trinajstić information content (AvgIpc) is 2.86. The fraction of sp³-hybridized carbons (Fsp3) is 0.526. The number of nitrogens with zero attached hydrogens (tertiary/aromatic N) is 1. The third kappa shape index (κ3) is 3.67. The molecule has 1 N–H and O–H groups in total. The highest BCUT2D eigenvalue weighted by atomic mass is 16.5. The van der Waals surface area contributed by atoms with Crippen LogP contribution in [0.3, 0.4) is 0 Å². The molecule has 1 atom stereocenters. The summed E-state index contributed by atoms with van der Waals surface area (Å²) < 4.78 is 5.30. The minimum atomic E-state index is -1.15. The third-order valence-corrected chi connectivity index (χ3v) is 5.12. The lowest BCUT2D eigenvalue weighted by Gasteiger charge is -2.23. The number of nitrogens with one attached hydrogen (secondary N) is 1. The first kappa shape index (κ1) is 17.5. The molecule has 6 heteroatoms. The van der Waals surface area contributed by atoms with Gasteiger partial charge in [-0.2, -0.15) is 0 Å². The highest BCUT2D eigenvalue weighted by Crippen LogP contribution is 2.28. The van der Waals surface area contributed by atoms with Crippen LogP contribution in [0, 0.1) is 5.92 Å². The minimum Gasteiger partial charge on any atom is -0.464 e. The van der Waals surface area contributed by atoms with Crippen LogP contribution in [-0.4, -0.2) is 36.0 Å². The molecule has 1 aliphatic heterocycles. The molecular weight excluding hydrogens is 320 g/mol. The van der Waals surface area contributed by atoms with Gasteiger partial charge in [-0.3, -0.25) is 14.5 Å². The van der Waals surface area contributed by atoms with Gasteiger partial charge in [0.1, 0.15) is 12.1 Å². The van der Waals surface area contributed by atoms with Gasteiger partial charge in [0.05, 0.1) is 6.61 Å². The Morgan fingerprint density at radius 3 is 2.56 bits per heavy atom. The Labute approximate surface area is 147 Å². The highest BCUT2D eigenvalue weighted by Gasteiger charge is 2.49. The van der Waals surface area contributed by atoms with E-state index in [0.29, 0.717) is 18.1 Å². The van der Waals surface area contributed by atoms with Crippen LogP contribution < -0.4 is 5.32 Å². The maximum atomic E-state index is 12.7. The van der Waals surface area contributed by atoms with Crippen molar-refractivity contribution in [2.24, 2.45) is 5.92 Å². The fourth-order valence-corrected chi connectivity index (χ4v) is 3.55. The van der Waals surface area contributed by atoms with Crippen LogP contribution in [-0.2, 0) is 19.9 Å². The van der Waals surface area contributed by atoms with E-state index in [1.807, 2.05) is 6.07 Å². The molecule has 2 fully saturated rings. The van der Waals surface area contributed by atoms with Crippen molar-refractivity contribution < 1.29 is 19.1 Å². The summed E-state index contributed by atoms with van der Waals surface area (Å²) in [4.78, 5) is 37.9. The van der Waals surface area contributed by atoms with Crippen LogP contribution in [0.25, 0.3) is 0 Å². The molecule has 25 heavy (non-hydrogen) atoms. The summed E-state index contributed by atoms with van der Waals surface area (Å²) in [6.07, 6.45) is 5.73. The maximum absolute atomic E-state index is 12.7. The first-order valence-corrected chi connectivity index (χ1v) is 8.86. The summed E-state index contributed by atoms with van der Waals surface area (Å²) in [5, 5.41) is 2.69. The number of ether oxygens (including phenoxy) is 1. The number of hydrogen-bond acceptors (Lipinski definition) is 4. The zero-order chi connectivity index (χ0) is 17.9. The first-order valence-electron chi connectivity index (χ1n) is 8.86. The summed E-state index contributed by atoms with van der Waals surface area (Å²) in [5.41, 5.74) is -0.464. The van der Waals surface area contributed by atoms with Crippen molar-refractivity contribution in [2.75, 3.05) is 13.2 Å². The van der Waals surface area contributed by atoms with Gasteiger partial charge in [0.15, 0.2) is 0 Å². The van der Waals surface area contributed by atoms with Crippen molar-refractivity contribution in [2.45, 2.75) is 44.6 Å². The highest BCUT2D eigenvalue weighted by molar-refractivity contribution is 6.08. The number of urea groups is 1. The number of carbonyl (C=O) groups is 3. The molecule has 0 spiro atoms. The molecular formula is C19H24N2O4. The standard InChI is InChI=1S/C19H24N2O4/c1-19(15-10-6-3-7-11-15)17(23)21(18(24)20-19)12-16(22)25-13-14-8-4-2-5-9-14/h3,6-7,10-11,14H,2,4-5,8-9,12-13H2,1H3,(H,20,24)/t19-/m1/s1. The smallest absolute Gasteiger partial charge is 0.326 e. The van der Waals surface area contributed by atoms with Gasteiger partial charge in [0, 0.05) is 0 Å². The Hall–Kier alpha value is -2.37. The van der Waals surface area contributed by atoms with E-state index >= 15 is 0 Å². The molecule has 3 rings (SSSR count). The number of amides is 3. The van der Waals surface area contributed by atoms with Crippen LogP contribution in [0.4, 0.5) is 4.79 Å². The van der Waals surface area contributed by atoms with Crippen LogP contribution in [0.15, 0.2) is 30.3 Å². The minimum absolute atomic E-state index is 0.347. The van der Waals surface area contributed by atoms with E-state index in [4.69, 9.17) is 4.74 Å². The Bertz CT molecular complexity index is 655. The SMILES string of the molecule is C[C@]1(c2ccccc2)NC(=O)N(CC(=O)OCC2CCCCC2)C1=O. The van der Waals surface area contributed by atoms with Gasteiger partial charge in [-0.15, -0.1) is 0 Å². The Kier molecular flexibility index (Phi) is 5.06. The van der Waals surface area contributed by atoms with Crippen molar-refractivity contribution in [1.29, 1.82) is 0 Å². The lowest BCUT2D eigenvalue weighted by molar-refractivity contribution is -0.149.